The summed E-state index contributed by atoms with van der Waals surface area (Å²) in [6.45, 7) is 0.0241. The number of primary amides is 1. The van der Waals surface area contributed by atoms with Crippen molar-refractivity contribution in [2.45, 2.75) is 0 Å². The molecule has 0 saturated carbocycles. The van der Waals surface area contributed by atoms with Crippen LogP contribution in [0.1, 0.15) is 0 Å². The van der Waals surface area contributed by atoms with Crippen molar-refractivity contribution in [3.05, 3.63) is 0 Å². The molecule has 8 heteroatoms. The van der Waals surface area contributed by atoms with Gasteiger partial charge in [0.1, 0.15) is 0 Å². The van der Waals surface area contributed by atoms with E-state index in [0.29, 0.717) is 11.9 Å². The third-order valence-electron chi connectivity index (χ3n) is 1.74. The SMILES string of the molecule is CNc1nc(OC)nc(N(C)CC(N)=O)n1. The van der Waals surface area contributed by atoms with E-state index in [2.05, 4.69) is 20.3 Å². The molecular formula is C8H14N6O2. The van der Waals surface area contributed by atoms with Crippen LogP contribution in [0, 0.1) is 0 Å². The lowest BCUT2D eigenvalue weighted by Crippen LogP contribution is -2.32. The normalized spacial score (nSPS) is 9.69. The van der Waals surface area contributed by atoms with Gasteiger partial charge in [-0.1, -0.05) is 0 Å². The average Bonchev–Trinajstić information content (AvgIpc) is 2.27. The minimum atomic E-state index is -0.465. The van der Waals surface area contributed by atoms with Crippen LogP contribution in [0.25, 0.3) is 0 Å². The number of rotatable bonds is 5. The van der Waals surface area contributed by atoms with Gasteiger partial charge in [0.2, 0.25) is 17.8 Å². The fourth-order valence-electron chi connectivity index (χ4n) is 1.02. The van der Waals surface area contributed by atoms with Crippen molar-refractivity contribution in [1.29, 1.82) is 0 Å². The summed E-state index contributed by atoms with van der Waals surface area (Å²) in [5.41, 5.74) is 5.07. The fraction of sp³-hybridized carbons (Fsp3) is 0.500. The number of carbonyl (C=O) groups excluding carboxylic acids is 1. The van der Waals surface area contributed by atoms with Crippen molar-refractivity contribution >= 4 is 17.8 Å². The highest BCUT2D eigenvalue weighted by Crippen LogP contribution is 2.12. The average molecular weight is 226 g/mol. The second-order valence-corrected chi connectivity index (χ2v) is 3.02. The summed E-state index contributed by atoms with van der Waals surface area (Å²) in [4.78, 5) is 24.2. The molecule has 0 radical (unpaired) electrons. The van der Waals surface area contributed by atoms with Crippen molar-refractivity contribution in [1.82, 2.24) is 15.0 Å². The standard InChI is InChI=1S/C8H14N6O2/c1-10-6-11-7(13-8(12-6)16-3)14(2)4-5(9)15/h4H2,1-3H3,(H2,9,15)(H,10,11,12,13). The molecule has 0 atom stereocenters. The van der Waals surface area contributed by atoms with Gasteiger partial charge in [-0.25, -0.2) is 0 Å². The highest BCUT2D eigenvalue weighted by molar-refractivity contribution is 5.78. The monoisotopic (exact) mass is 226 g/mol. The molecule has 0 unspecified atom stereocenters. The van der Waals surface area contributed by atoms with Crippen molar-refractivity contribution in [3.63, 3.8) is 0 Å². The number of nitrogens with two attached hydrogens (primary N) is 1. The van der Waals surface area contributed by atoms with Crippen LogP contribution < -0.4 is 20.7 Å². The second-order valence-electron chi connectivity index (χ2n) is 3.02. The Morgan fingerprint density at radius 3 is 2.69 bits per heavy atom. The lowest BCUT2D eigenvalue weighted by molar-refractivity contribution is -0.116. The summed E-state index contributed by atoms with van der Waals surface area (Å²) < 4.78 is 4.91. The largest absolute Gasteiger partial charge is 0.467 e. The molecule has 88 valence electrons. The quantitative estimate of drug-likeness (QED) is 0.652. The Bertz CT molecular complexity index is 361. The van der Waals surface area contributed by atoms with E-state index >= 15 is 0 Å². The predicted octanol–water partition coefficient (Wildman–Crippen LogP) is -1.16. The zero-order valence-corrected chi connectivity index (χ0v) is 9.39. The van der Waals surface area contributed by atoms with Crippen LogP contribution in [0.2, 0.25) is 0 Å². The molecule has 1 amide bonds. The van der Waals surface area contributed by atoms with Gasteiger partial charge in [0.15, 0.2) is 0 Å². The van der Waals surface area contributed by atoms with E-state index in [1.807, 2.05) is 0 Å². The lowest BCUT2D eigenvalue weighted by Gasteiger charge is -2.15. The molecule has 1 heterocycles. The van der Waals surface area contributed by atoms with Crippen LogP contribution in [0.3, 0.4) is 0 Å². The van der Waals surface area contributed by atoms with Crippen LogP contribution >= 0.6 is 0 Å². The molecule has 1 rings (SSSR count). The third-order valence-corrected chi connectivity index (χ3v) is 1.74. The first-order valence-corrected chi connectivity index (χ1v) is 4.54. The highest BCUT2D eigenvalue weighted by atomic mass is 16.5. The smallest absolute Gasteiger partial charge is 0.322 e. The number of likely N-dealkylation sites (N-methyl/N-ethyl adjacent to an activating group) is 1. The van der Waals surface area contributed by atoms with Crippen molar-refractivity contribution < 1.29 is 9.53 Å². The Hall–Kier alpha value is -2.12. The number of carbonyl (C=O) groups is 1. The summed E-state index contributed by atoms with van der Waals surface area (Å²) in [7, 11) is 4.78. The van der Waals surface area contributed by atoms with Crippen LogP contribution in [-0.2, 0) is 4.79 Å². The van der Waals surface area contributed by atoms with E-state index in [-0.39, 0.29) is 12.6 Å². The zero-order valence-electron chi connectivity index (χ0n) is 9.39. The molecule has 1 aromatic heterocycles. The van der Waals surface area contributed by atoms with Crippen LogP contribution in [0.15, 0.2) is 0 Å². The van der Waals surface area contributed by atoms with Gasteiger partial charge in [0, 0.05) is 14.1 Å². The molecule has 0 aromatic carbocycles. The molecule has 0 spiro atoms. The summed E-state index contributed by atoms with van der Waals surface area (Å²) >= 11 is 0. The Kier molecular flexibility index (Phi) is 3.81. The van der Waals surface area contributed by atoms with Crippen molar-refractivity contribution in [2.75, 3.05) is 38.0 Å². The van der Waals surface area contributed by atoms with Gasteiger partial charge >= 0.3 is 6.01 Å². The Morgan fingerprint density at radius 2 is 2.19 bits per heavy atom. The lowest BCUT2D eigenvalue weighted by atomic mass is 10.5. The maximum atomic E-state index is 10.8. The summed E-state index contributed by atoms with van der Waals surface area (Å²) in [5, 5.41) is 2.77. The fourth-order valence-corrected chi connectivity index (χ4v) is 1.02. The topological polar surface area (TPSA) is 106 Å². The Labute approximate surface area is 92.8 Å². The number of hydrogen-bond donors (Lipinski definition) is 2. The van der Waals surface area contributed by atoms with Crippen molar-refractivity contribution in [2.24, 2.45) is 5.73 Å². The molecule has 0 bridgehead atoms. The number of nitrogens with zero attached hydrogens (tertiary/aromatic N) is 4. The number of aromatic nitrogens is 3. The van der Waals surface area contributed by atoms with Gasteiger partial charge in [-0.05, 0) is 0 Å². The van der Waals surface area contributed by atoms with Gasteiger partial charge in [0.25, 0.3) is 0 Å². The predicted molar refractivity (Wildman–Crippen MR) is 58.4 cm³/mol. The number of ether oxygens (including phenoxy) is 1. The number of anilines is 2. The van der Waals surface area contributed by atoms with Crippen molar-refractivity contribution in [3.8, 4) is 6.01 Å². The Morgan fingerprint density at radius 1 is 1.50 bits per heavy atom. The molecule has 0 aliphatic carbocycles. The third kappa shape index (κ3) is 2.94. The first kappa shape index (κ1) is 12.0. The second kappa shape index (κ2) is 5.10. The maximum absolute atomic E-state index is 10.8. The molecule has 0 aliphatic rings. The van der Waals surface area contributed by atoms with Gasteiger partial charge < -0.3 is 20.7 Å². The first-order valence-electron chi connectivity index (χ1n) is 4.54. The number of nitrogens with one attached hydrogen (secondary N) is 1. The Balaban J connectivity index is 2.97. The maximum Gasteiger partial charge on any atom is 0.322 e. The van der Waals surface area contributed by atoms with Gasteiger partial charge in [-0.3, -0.25) is 4.79 Å². The summed E-state index contributed by atoms with van der Waals surface area (Å²) in [5.74, 6) is 0.209. The molecule has 0 saturated heterocycles. The van der Waals surface area contributed by atoms with E-state index in [0.717, 1.165) is 0 Å². The molecule has 3 N–H and O–H groups in total. The zero-order chi connectivity index (χ0) is 12.1. The van der Waals surface area contributed by atoms with Gasteiger partial charge in [-0.15, -0.1) is 0 Å². The van der Waals surface area contributed by atoms with E-state index in [9.17, 15) is 4.79 Å². The van der Waals surface area contributed by atoms with Crippen LogP contribution in [0.5, 0.6) is 6.01 Å². The molecule has 0 fully saturated rings. The summed E-state index contributed by atoms with van der Waals surface area (Å²) in [6.07, 6.45) is 0. The van der Waals surface area contributed by atoms with Crippen LogP contribution in [0.4, 0.5) is 11.9 Å². The number of amides is 1. The molecule has 16 heavy (non-hydrogen) atoms. The van der Waals surface area contributed by atoms with E-state index < -0.39 is 5.91 Å². The minimum Gasteiger partial charge on any atom is -0.467 e. The summed E-state index contributed by atoms with van der Waals surface area (Å²) in [6, 6.07) is 0.172. The first-order chi connectivity index (χ1) is 7.56. The minimum absolute atomic E-state index is 0.0241. The van der Waals surface area contributed by atoms with E-state index in [4.69, 9.17) is 10.5 Å². The van der Waals surface area contributed by atoms with Gasteiger partial charge in [0.05, 0.1) is 13.7 Å². The number of methoxy groups -OCH3 is 1. The van der Waals surface area contributed by atoms with E-state index in [1.54, 1.807) is 14.1 Å². The van der Waals surface area contributed by atoms with E-state index in [1.165, 1.54) is 12.0 Å². The molecule has 8 nitrogen and oxygen atoms in total. The number of hydrogen-bond acceptors (Lipinski definition) is 7. The van der Waals surface area contributed by atoms with Gasteiger partial charge in [-0.2, -0.15) is 15.0 Å². The molecular weight excluding hydrogens is 212 g/mol. The van der Waals surface area contributed by atoms with Crippen LogP contribution in [-0.4, -0.2) is 48.6 Å². The molecule has 1 aromatic rings. The highest BCUT2D eigenvalue weighted by Gasteiger charge is 2.11. The molecule has 0 aliphatic heterocycles.